The SMILES string of the molecule is O=C(O)C(=O)C(c1cccc2c1OCO2)C1CC1. The third kappa shape index (κ3) is 1.72. The zero-order valence-electron chi connectivity index (χ0n) is 9.59. The minimum atomic E-state index is -1.39. The van der Waals surface area contributed by atoms with Gasteiger partial charge < -0.3 is 14.6 Å². The van der Waals surface area contributed by atoms with Gasteiger partial charge in [0.1, 0.15) is 0 Å². The van der Waals surface area contributed by atoms with Crippen LogP contribution in [0, 0.1) is 5.92 Å². The van der Waals surface area contributed by atoms with Gasteiger partial charge in [-0.2, -0.15) is 0 Å². The van der Waals surface area contributed by atoms with Crippen LogP contribution in [0.15, 0.2) is 18.2 Å². The fourth-order valence-electron chi connectivity index (χ4n) is 2.37. The molecule has 1 aliphatic carbocycles. The molecule has 0 bridgehead atoms. The molecule has 1 aromatic rings. The van der Waals surface area contributed by atoms with Gasteiger partial charge in [0.2, 0.25) is 12.6 Å². The number of carboxylic acid groups (broad SMARTS) is 1. The van der Waals surface area contributed by atoms with E-state index in [0.29, 0.717) is 17.1 Å². The number of rotatable bonds is 4. The Balaban J connectivity index is 2.03. The highest BCUT2D eigenvalue weighted by molar-refractivity contribution is 6.35. The molecule has 1 fully saturated rings. The van der Waals surface area contributed by atoms with E-state index in [0.717, 1.165) is 12.8 Å². The summed E-state index contributed by atoms with van der Waals surface area (Å²) in [5.41, 5.74) is 0.639. The molecule has 0 amide bonds. The Bertz CT molecular complexity index is 518. The van der Waals surface area contributed by atoms with Crippen molar-refractivity contribution in [1.29, 1.82) is 0 Å². The Morgan fingerprint density at radius 2 is 2.06 bits per heavy atom. The van der Waals surface area contributed by atoms with Crippen molar-refractivity contribution in [3.63, 3.8) is 0 Å². The number of ketones is 1. The fourth-order valence-corrected chi connectivity index (χ4v) is 2.37. The lowest BCUT2D eigenvalue weighted by atomic mass is 9.89. The second kappa shape index (κ2) is 4.01. The number of hydrogen-bond acceptors (Lipinski definition) is 4. The topological polar surface area (TPSA) is 72.8 Å². The Hall–Kier alpha value is -2.04. The molecule has 5 nitrogen and oxygen atoms in total. The lowest BCUT2D eigenvalue weighted by molar-refractivity contribution is -0.150. The summed E-state index contributed by atoms with van der Waals surface area (Å²) in [6.07, 6.45) is 1.77. The van der Waals surface area contributed by atoms with Crippen LogP contribution in [0.4, 0.5) is 0 Å². The normalized spacial score (nSPS) is 18.4. The van der Waals surface area contributed by atoms with E-state index in [-0.39, 0.29) is 12.7 Å². The molecule has 1 unspecified atom stereocenters. The number of para-hydroxylation sites is 1. The molecular weight excluding hydrogens is 236 g/mol. The van der Waals surface area contributed by atoms with Gasteiger partial charge in [-0.25, -0.2) is 4.79 Å². The highest BCUT2D eigenvalue weighted by Crippen LogP contribution is 2.48. The molecule has 5 heteroatoms. The lowest BCUT2D eigenvalue weighted by Gasteiger charge is -2.15. The molecule has 1 heterocycles. The molecule has 0 saturated heterocycles. The van der Waals surface area contributed by atoms with Crippen LogP contribution >= 0.6 is 0 Å². The Morgan fingerprint density at radius 1 is 1.28 bits per heavy atom. The van der Waals surface area contributed by atoms with Crippen LogP contribution < -0.4 is 9.47 Å². The summed E-state index contributed by atoms with van der Waals surface area (Å²) in [6, 6.07) is 5.26. The minimum Gasteiger partial charge on any atom is -0.475 e. The summed E-state index contributed by atoms with van der Waals surface area (Å²) in [5, 5.41) is 8.92. The summed E-state index contributed by atoms with van der Waals surface area (Å²) < 4.78 is 10.6. The largest absolute Gasteiger partial charge is 0.475 e. The van der Waals surface area contributed by atoms with Crippen LogP contribution in [0.2, 0.25) is 0 Å². The van der Waals surface area contributed by atoms with E-state index in [1.165, 1.54) is 0 Å². The number of Topliss-reactive ketones (excluding diaryl/α,β-unsaturated/α-hetero) is 1. The van der Waals surface area contributed by atoms with E-state index in [9.17, 15) is 9.59 Å². The van der Waals surface area contributed by atoms with E-state index in [1.807, 2.05) is 0 Å². The van der Waals surface area contributed by atoms with Crippen LogP contribution in [-0.4, -0.2) is 23.7 Å². The molecule has 1 aromatic carbocycles. The van der Waals surface area contributed by atoms with Crippen molar-refractivity contribution < 1.29 is 24.2 Å². The number of aliphatic carboxylic acids is 1. The number of carboxylic acids is 1. The molecule has 0 aromatic heterocycles. The molecular formula is C13H12O5. The first-order valence-corrected chi connectivity index (χ1v) is 5.84. The van der Waals surface area contributed by atoms with Crippen molar-refractivity contribution in [2.24, 2.45) is 5.92 Å². The highest BCUT2D eigenvalue weighted by Gasteiger charge is 2.42. The van der Waals surface area contributed by atoms with E-state index in [2.05, 4.69) is 0 Å². The maximum atomic E-state index is 11.8. The molecule has 1 saturated carbocycles. The standard InChI is InChI=1S/C13H12O5/c14-11(13(15)16)10(7-4-5-7)8-2-1-3-9-12(8)18-6-17-9/h1-3,7,10H,4-6H2,(H,15,16). The van der Waals surface area contributed by atoms with Crippen molar-refractivity contribution in [3.05, 3.63) is 23.8 Å². The predicted molar refractivity (Wildman–Crippen MR) is 60.7 cm³/mol. The summed E-state index contributed by atoms with van der Waals surface area (Å²) in [6.45, 7) is 0.116. The van der Waals surface area contributed by atoms with Gasteiger partial charge in [-0.3, -0.25) is 4.79 Å². The van der Waals surface area contributed by atoms with Gasteiger partial charge in [0, 0.05) is 5.56 Å². The smallest absolute Gasteiger partial charge is 0.372 e. The molecule has 3 rings (SSSR count). The van der Waals surface area contributed by atoms with E-state index >= 15 is 0 Å². The molecule has 0 spiro atoms. The molecule has 1 aliphatic heterocycles. The molecule has 1 N–H and O–H groups in total. The third-order valence-corrected chi connectivity index (χ3v) is 3.35. The molecule has 1 atom stereocenters. The Kier molecular flexibility index (Phi) is 2.47. The first kappa shape index (κ1) is 11.1. The first-order valence-electron chi connectivity index (χ1n) is 5.84. The number of fused-ring (bicyclic) bond motifs is 1. The van der Waals surface area contributed by atoms with Gasteiger partial charge in [-0.05, 0) is 24.8 Å². The van der Waals surface area contributed by atoms with Crippen LogP contribution in [0.1, 0.15) is 24.3 Å². The summed E-state index contributed by atoms with van der Waals surface area (Å²) in [4.78, 5) is 22.8. The maximum absolute atomic E-state index is 11.8. The summed E-state index contributed by atoms with van der Waals surface area (Å²) in [5.74, 6) is -1.55. The second-order valence-corrected chi connectivity index (χ2v) is 4.57. The van der Waals surface area contributed by atoms with Crippen molar-refractivity contribution in [2.75, 3.05) is 6.79 Å². The molecule has 94 valence electrons. The number of carbonyl (C=O) groups is 2. The second-order valence-electron chi connectivity index (χ2n) is 4.57. The lowest BCUT2D eigenvalue weighted by Crippen LogP contribution is -2.23. The van der Waals surface area contributed by atoms with Crippen molar-refractivity contribution in [3.8, 4) is 11.5 Å². The van der Waals surface area contributed by atoms with Crippen LogP contribution in [0.3, 0.4) is 0 Å². The van der Waals surface area contributed by atoms with Gasteiger partial charge in [0.25, 0.3) is 0 Å². The molecule has 0 radical (unpaired) electrons. The highest BCUT2D eigenvalue weighted by atomic mass is 16.7. The number of ether oxygens (including phenoxy) is 2. The van der Waals surface area contributed by atoms with Crippen molar-refractivity contribution in [1.82, 2.24) is 0 Å². The average Bonchev–Trinajstić information content (AvgIpc) is 3.06. The van der Waals surface area contributed by atoms with Gasteiger partial charge in [0.15, 0.2) is 11.5 Å². The maximum Gasteiger partial charge on any atom is 0.372 e. The first-order chi connectivity index (χ1) is 8.68. The van der Waals surface area contributed by atoms with Crippen molar-refractivity contribution in [2.45, 2.75) is 18.8 Å². The van der Waals surface area contributed by atoms with E-state index in [1.54, 1.807) is 18.2 Å². The fraction of sp³-hybridized carbons (Fsp3) is 0.385. The Labute approximate surface area is 103 Å². The number of hydrogen-bond donors (Lipinski definition) is 1. The van der Waals surface area contributed by atoms with Gasteiger partial charge in [-0.15, -0.1) is 0 Å². The van der Waals surface area contributed by atoms with Crippen LogP contribution in [0.5, 0.6) is 11.5 Å². The zero-order chi connectivity index (χ0) is 12.7. The quantitative estimate of drug-likeness (QED) is 0.818. The van der Waals surface area contributed by atoms with Gasteiger partial charge in [-0.1, -0.05) is 12.1 Å². The van der Waals surface area contributed by atoms with Crippen LogP contribution in [0.25, 0.3) is 0 Å². The molecule has 18 heavy (non-hydrogen) atoms. The number of benzene rings is 1. The van der Waals surface area contributed by atoms with E-state index < -0.39 is 17.7 Å². The van der Waals surface area contributed by atoms with Crippen LogP contribution in [-0.2, 0) is 9.59 Å². The molecule has 2 aliphatic rings. The Morgan fingerprint density at radius 3 is 2.72 bits per heavy atom. The summed E-state index contributed by atoms with van der Waals surface area (Å²) >= 11 is 0. The monoisotopic (exact) mass is 248 g/mol. The third-order valence-electron chi connectivity index (χ3n) is 3.35. The minimum absolute atomic E-state index is 0.115. The summed E-state index contributed by atoms with van der Waals surface area (Å²) in [7, 11) is 0. The average molecular weight is 248 g/mol. The predicted octanol–water partition coefficient (Wildman–Crippen LogP) is 1.56. The van der Waals surface area contributed by atoms with Crippen molar-refractivity contribution >= 4 is 11.8 Å². The van der Waals surface area contributed by atoms with E-state index in [4.69, 9.17) is 14.6 Å². The van der Waals surface area contributed by atoms with Gasteiger partial charge >= 0.3 is 5.97 Å². The van der Waals surface area contributed by atoms with Gasteiger partial charge in [0.05, 0.1) is 5.92 Å². The zero-order valence-corrected chi connectivity index (χ0v) is 9.59. The number of carbonyl (C=O) groups excluding carboxylic acids is 1.